The third-order valence-corrected chi connectivity index (χ3v) is 2.27. The van der Waals surface area contributed by atoms with E-state index in [9.17, 15) is 13.6 Å². The Hall–Kier alpha value is -1.49. The van der Waals surface area contributed by atoms with Crippen LogP contribution in [0.5, 0.6) is 0 Å². The molecule has 0 aliphatic carbocycles. The van der Waals surface area contributed by atoms with E-state index < -0.39 is 23.6 Å². The van der Waals surface area contributed by atoms with Crippen molar-refractivity contribution in [3.63, 3.8) is 0 Å². The van der Waals surface area contributed by atoms with Gasteiger partial charge in [0.1, 0.15) is 0 Å². The highest BCUT2D eigenvalue weighted by Gasteiger charge is 2.15. The number of rotatable bonds is 4. The zero-order valence-corrected chi connectivity index (χ0v) is 8.87. The van der Waals surface area contributed by atoms with E-state index in [1.54, 1.807) is 0 Å². The van der Waals surface area contributed by atoms with Gasteiger partial charge in [-0.2, -0.15) is 0 Å². The Kier molecular flexibility index (Phi) is 4.37. The van der Waals surface area contributed by atoms with Gasteiger partial charge < -0.3 is 10.5 Å². The Morgan fingerprint density at radius 3 is 2.81 bits per heavy atom. The molecule has 0 heterocycles. The number of ether oxygens (including phenoxy) is 1. The fourth-order valence-corrected chi connectivity index (χ4v) is 1.34. The molecule has 0 aliphatic heterocycles. The molecule has 0 saturated heterocycles. The largest absolute Gasteiger partial charge is 0.469 e. The van der Waals surface area contributed by atoms with Gasteiger partial charge in [0.25, 0.3) is 0 Å². The molecule has 1 aromatic carbocycles. The van der Waals surface area contributed by atoms with E-state index in [-0.39, 0.29) is 18.4 Å². The number of halogens is 2. The lowest BCUT2D eigenvalue weighted by Gasteiger charge is -2.12. The molecular weight excluding hydrogens is 216 g/mol. The number of esters is 1. The van der Waals surface area contributed by atoms with Crippen molar-refractivity contribution < 1.29 is 18.3 Å². The topological polar surface area (TPSA) is 52.3 Å². The van der Waals surface area contributed by atoms with E-state index in [2.05, 4.69) is 4.74 Å². The summed E-state index contributed by atoms with van der Waals surface area (Å²) in [6.45, 7) is 0. The Labute approximate surface area is 92.2 Å². The molecule has 0 aliphatic rings. The highest BCUT2D eigenvalue weighted by atomic mass is 19.2. The van der Waals surface area contributed by atoms with Gasteiger partial charge >= 0.3 is 5.97 Å². The molecule has 0 spiro atoms. The number of nitrogens with two attached hydrogens (primary N) is 1. The van der Waals surface area contributed by atoms with Crippen LogP contribution < -0.4 is 5.73 Å². The van der Waals surface area contributed by atoms with Crippen molar-refractivity contribution >= 4 is 5.97 Å². The average molecular weight is 229 g/mol. The first-order valence-electron chi connectivity index (χ1n) is 4.82. The smallest absolute Gasteiger partial charge is 0.305 e. The minimum Gasteiger partial charge on any atom is -0.469 e. The summed E-state index contributed by atoms with van der Waals surface area (Å²) in [6.07, 6.45) is 0.292. The number of hydrogen-bond donors (Lipinski definition) is 1. The van der Waals surface area contributed by atoms with E-state index in [1.165, 1.54) is 19.2 Å². The summed E-state index contributed by atoms with van der Waals surface area (Å²) >= 11 is 0. The van der Waals surface area contributed by atoms with Gasteiger partial charge in [0.15, 0.2) is 11.6 Å². The predicted octanol–water partition coefficient (Wildman–Crippen LogP) is 1.92. The van der Waals surface area contributed by atoms with Crippen molar-refractivity contribution in [2.24, 2.45) is 5.73 Å². The van der Waals surface area contributed by atoms with Crippen molar-refractivity contribution in [3.8, 4) is 0 Å². The average Bonchev–Trinajstić information content (AvgIpc) is 2.29. The monoisotopic (exact) mass is 229 g/mol. The molecule has 0 bridgehead atoms. The van der Waals surface area contributed by atoms with Crippen molar-refractivity contribution in [2.45, 2.75) is 18.9 Å². The minimum atomic E-state index is -0.958. The third-order valence-electron chi connectivity index (χ3n) is 2.27. The summed E-state index contributed by atoms with van der Waals surface area (Å²) in [6, 6.07) is 3.09. The van der Waals surface area contributed by atoms with Gasteiger partial charge in [0.2, 0.25) is 0 Å². The molecule has 2 N–H and O–H groups in total. The van der Waals surface area contributed by atoms with E-state index >= 15 is 0 Å². The van der Waals surface area contributed by atoms with E-state index in [0.717, 1.165) is 6.07 Å². The molecule has 1 aromatic rings. The van der Waals surface area contributed by atoms with Crippen LogP contribution in [0.25, 0.3) is 0 Å². The fraction of sp³-hybridized carbons (Fsp3) is 0.364. The lowest BCUT2D eigenvalue weighted by molar-refractivity contribution is -0.140. The second-order valence-corrected chi connectivity index (χ2v) is 3.36. The normalized spacial score (nSPS) is 12.2. The Morgan fingerprint density at radius 2 is 2.19 bits per heavy atom. The first kappa shape index (κ1) is 12.6. The summed E-state index contributed by atoms with van der Waals surface area (Å²) in [7, 11) is 1.26. The zero-order chi connectivity index (χ0) is 12.1. The van der Waals surface area contributed by atoms with Crippen LogP contribution in [0.4, 0.5) is 8.78 Å². The van der Waals surface area contributed by atoms with Gasteiger partial charge in [-0.1, -0.05) is 12.1 Å². The fourth-order valence-electron chi connectivity index (χ4n) is 1.34. The van der Waals surface area contributed by atoms with Gasteiger partial charge in [0.05, 0.1) is 7.11 Å². The first-order valence-corrected chi connectivity index (χ1v) is 4.82. The number of methoxy groups -OCH3 is 1. The summed E-state index contributed by atoms with van der Waals surface area (Å²) in [5.74, 6) is -2.32. The molecule has 1 atom stereocenters. The highest BCUT2D eigenvalue weighted by Crippen LogP contribution is 2.21. The Balaban J connectivity index is 2.69. The van der Waals surface area contributed by atoms with Crippen molar-refractivity contribution in [3.05, 3.63) is 35.4 Å². The molecule has 0 fully saturated rings. The summed E-state index contributed by atoms with van der Waals surface area (Å²) in [5, 5.41) is 0. The maximum absolute atomic E-state index is 13.3. The molecule has 0 amide bonds. The quantitative estimate of drug-likeness (QED) is 0.802. The molecule has 1 unspecified atom stereocenters. The van der Waals surface area contributed by atoms with Crippen LogP contribution >= 0.6 is 0 Å². The molecule has 0 aromatic heterocycles. The van der Waals surface area contributed by atoms with Gasteiger partial charge in [0, 0.05) is 18.0 Å². The predicted molar refractivity (Wildman–Crippen MR) is 54.5 cm³/mol. The number of carbonyl (C=O) groups is 1. The van der Waals surface area contributed by atoms with Crippen LogP contribution in [-0.4, -0.2) is 13.1 Å². The van der Waals surface area contributed by atoms with E-state index in [4.69, 9.17) is 5.73 Å². The summed E-state index contributed by atoms with van der Waals surface area (Å²) in [4.78, 5) is 10.9. The molecule has 0 saturated carbocycles. The van der Waals surface area contributed by atoms with Gasteiger partial charge in [-0.05, 0) is 12.5 Å². The maximum Gasteiger partial charge on any atom is 0.305 e. The standard InChI is InChI=1S/C11H13F2NO2/c1-16-10(15)6-5-9(14)7-3-2-4-8(12)11(7)13/h2-4,9H,5-6,14H2,1H3. The maximum atomic E-state index is 13.3. The van der Waals surface area contributed by atoms with Crippen LogP contribution in [0.3, 0.4) is 0 Å². The van der Waals surface area contributed by atoms with Gasteiger partial charge in [-0.15, -0.1) is 0 Å². The van der Waals surface area contributed by atoms with Crippen molar-refractivity contribution in [1.82, 2.24) is 0 Å². The molecule has 3 nitrogen and oxygen atoms in total. The molecule has 16 heavy (non-hydrogen) atoms. The van der Waals surface area contributed by atoms with Crippen LogP contribution in [-0.2, 0) is 9.53 Å². The Morgan fingerprint density at radius 1 is 1.50 bits per heavy atom. The minimum absolute atomic E-state index is 0.0731. The van der Waals surface area contributed by atoms with E-state index in [1.807, 2.05) is 0 Å². The molecule has 5 heteroatoms. The summed E-state index contributed by atoms with van der Waals surface area (Å²) in [5.41, 5.74) is 5.73. The van der Waals surface area contributed by atoms with Crippen LogP contribution in [0, 0.1) is 11.6 Å². The van der Waals surface area contributed by atoms with Gasteiger partial charge in [-0.3, -0.25) is 4.79 Å². The number of carbonyl (C=O) groups excluding carboxylic acids is 1. The van der Waals surface area contributed by atoms with Crippen LogP contribution in [0.15, 0.2) is 18.2 Å². The molecular formula is C11H13F2NO2. The van der Waals surface area contributed by atoms with Crippen LogP contribution in [0.1, 0.15) is 24.4 Å². The lowest BCUT2D eigenvalue weighted by Crippen LogP contribution is -2.15. The van der Waals surface area contributed by atoms with Crippen molar-refractivity contribution in [1.29, 1.82) is 0 Å². The molecule has 88 valence electrons. The van der Waals surface area contributed by atoms with Crippen molar-refractivity contribution in [2.75, 3.05) is 7.11 Å². The lowest BCUT2D eigenvalue weighted by atomic mass is 10.0. The van der Waals surface area contributed by atoms with E-state index in [0.29, 0.717) is 0 Å². The molecule has 1 rings (SSSR count). The second kappa shape index (κ2) is 5.55. The zero-order valence-electron chi connectivity index (χ0n) is 8.87. The number of benzene rings is 1. The van der Waals surface area contributed by atoms with Crippen LogP contribution in [0.2, 0.25) is 0 Å². The van der Waals surface area contributed by atoms with Gasteiger partial charge in [-0.25, -0.2) is 8.78 Å². The summed E-state index contributed by atoms with van der Waals surface area (Å²) < 4.78 is 30.6. The Bertz CT molecular complexity index is 382. The first-order chi connectivity index (χ1) is 7.56. The highest BCUT2D eigenvalue weighted by molar-refractivity contribution is 5.69. The molecule has 0 radical (unpaired) electrons. The second-order valence-electron chi connectivity index (χ2n) is 3.36. The SMILES string of the molecule is COC(=O)CCC(N)c1cccc(F)c1F. The third kappa shape index (κ3) is 3.00. The number of hydrogen-bond acceptors (Lipinski definition) is 3.